The van der Waals surface area contributed by atoms with Crippen molar-refractivity contribution in [2.24, 2.45) is 5.73 Å². The Morgan fingerprint density at radius 1 is 1.64 bits per heavy atom. The Bertz CT molecular complexity index is 295. The number of pyridine rings is 1. The summed E-state index contributed by atoms with van der Waals surface area (Å²) in [6.45, 7) is 1.06. The molecule has 0 unspecified atom stereocenters. The maximum atomic E-state index is 11.1. The van der Waals surface area contributed by atoms with Crippen LogP contribution in [0.1, 0.15) is 0 Å². The van der Waals surface area contributed by atoms with Crippen molar-refractivity contribution in [2.75, 3.05) is 6.54 Å². The van der Waals surface area contributed by atoms with Crippen LogP contribution in [-0.2, 0) is 6.54 Å². The first-order valence-electron chi connectivity index (χ1n) is 3.30. The minimum Gasteiger partial charge on any atom is -0.329 e. The zero-order chi connectivity index (χ0) is 8.27. The maximum Gasteiger partial charge on any atom is 0.251 e. The zero-order valence-electron chi connectivity index (χ0n) is 5.96. The van der Waals surface area contributed by atoms with E-state index in [2.05, 4.69) is 15.9 Å². The van der Waals surface area contributed by atoms with Crippen molar-refractivity contribution in [1.82, 2.24) is 4.57 Å². The van der Waals surface area contributed by atoms with Crippen LogP contribution < -0.4 is 11.3 Å². The van der Waals surface area contributed by atoms with Crippen LogP contribution in [0.25, 0.3) is 0 Å². The predicted octanol–water partition coefficient (Wildman–Crippen LogP) is 0.569. The van der Waals surface area contributed by atoms with Gasteiger partial charge in [0.15, 0.2) is 0 Å². The SMILES string of the molecule is NCCn1ccc(Br)cc1=O. The Morgan fingerprint density at radius 3 is 2.91 bits per heavy atom. The zero-order valence-corrected chi connectivity index (χ0v) is 7.54. The highest BCUT2D eigenvalue weighted by molar-refractivity contribution is 9.10. The lowest BCUT2D eigenvalue weighted by molar-refractivity contribution is 0.680. The average molecular weight is 217 g/mol. The van der Waals surface area contributed by atoms with E-state index in [0.717, 1.165) is 4.47 Å². The molecule has 4 heteroatoms. The summed E-state index contributed by atoms with van der Waals surface area (Å²) in [6.07, 6.45) is 1.72. The van der Waals surface area contributed by atoms with Gasteiger partial charge in [-0.2, -0.15) is 0 Å². The Kier molecular flexibility index (Phi) is 2.84. The molecule has 0 fully saturated rings. The molecule has 1 rings (SSSR count). The van der Waals surface area contributed by atoms with Gasteiger partial charge in [-0.1, -0.05) is 15.9 Å². The van der Waals surface area contributed by atoms with Gasteiger partial charge in [0.05, 0.1) is 0 Å². The van der Waals surface area contributed by atoms with Crippen LogP contribution in [0.3, 0.4) is 0 Å². The van der Waals surface area contributed by atoms with E-state index < -0.39 is 0 Å². The number of hydrogen-bond acceptors (Lipinski definition) is 2. The fourth-order valence-electron chi connectivity index (χ4n) is 0.807. The normalized spacial score (nSPS) is 10.0. The molecule has 1 aromatic heterocycles. The molecule has 11 heavy (non-hydrogen) atoms. The highest BCUT2D eigenvalue weighted by Crippen LogP contribution is 2.02. The number of nitrogens with zero attached hydrogens (tertiary/aromatic N) is 1. The van der Waals surface area contributed by atoms with Crippen molar-refractivity contribution < 1.29 is 0 Å². The predicted molar refractivity (Wildman–Crippen MR) is 47.5 cm³/mol. The maximum absolute atomic E-state index is 11.1. The molecular weight excluding hydrogens is 208 g/mol. The summed E-state index contributed by atoms with van der Waals surface area (Å²) in [4.78, 5) is 11.1. The quantitative estimate of drug-likeness (QED) is 0.787. The molecule has 0 atom stereocenters. The number of aromatic nitrogens is 1. The number of nitrogens with two attached hydrogens (primary N) is 1. The van der Waals surface area contributed by atoms with E-state index >= 15 is 0 Å². The molecule has 0 spiro atoms. The Balaban J connectivity index is 3.00. The fourth-order valence-corrected chi connectivity index (χ4v) is 1.12. The van der Waals surface area contributed by atoms with Gasteiger partial charge in [-0.25, -0.2) is 0 Å². The van der Waals surface area contributed by atoms with Gasteiger partial charge in [0.25, 0.3) is 5.56 Å². The molecule has 0 saturated carbocycles. The Hall–Kier alpha value is -0.610. The van der Waals surface area contributed by atoms with Gasteiger partial charge in [-0.15, -0.1) is 0 Å². The molecular formula is C7H9BrN2O. The van der Waals surface area contributed by atoms with E-state index in [-0.39, 0.29) is 5.56 Å². The van der Waals surface area contributed by atoms with Gasteiger partial charge < -0.3 is 10.3 Å². The van der Waals surface area contributed by atoms with Gasteiger partial charge >= 0.3 is 0 Å². The first-order chi connectivity index (χ1) is 5.24. The van der Waals surface area contributed by atoms with Crippen molar-refractivity contribution in [2.45, 2.75) is 6.54 Å². The molecule has 0 aromatic carbocycles. The van der Waals surface area contributed by atoms with Crippen molar-refractivity contribution in [3.8, 4) is 0 Å². The molecule has 3 nitrogen and oxygen atoms in total. The van der Waals surface area contributed by atoms with E-state index in [1.807, 2.05) is 6.07 Å². The van der Waals surface area contributed by atoms with Gasteiger partial charge in [0.2, 0.25) is 0 Å². The molecule has 60 valence electrons. The van der Waals surface area contributed by atoms with Crippen molar-refractivity contribution in [1.29, 1.82) is 0 Å². The van der Waals surface area contributed by atoms with Crippen LogP contribution in [0.5, 0.6) is 0 Å². The average Bonchev–Trinajstić information content (AvgIpc) is 1.95. The molecule has 2 N–H and O–H groups in total. The van der Waals surface area contributed by atoms with Crippen molar-refractivity contribution in [3.63, 3.8) is 0 Å². The number of halogens is 1. The van der Waals surface area contributed by atoms with E-state index in [1.165, 1.54) is 6.07 Å². The van der Waals surface area contributed by atoms with Crippen LogP contribution >= 0.6 is 15.9 Å². The summed E-state index contributed by atoms with van der Waals surface area (Å²) in [5.74, 6) is 0. The largest absolute Gasteiger partial charge is 0.329 e. The Labute approximate surface area is 73.0 Å². The molecule has 0 aliphatic rings. The van der Waals surface area contributed by atoms with Crippen LogP contribution in [0.15, 0.2) is 27.6 Å². The number of rotatable bonds is 2. The van der Waals surface area contributed by atoms with Gasteiger partial charge in [-0.05, 0) is 6.07 Å². The van der Waals surface area contributed by atoms with Gasteiger partial charge in [-0.3, -0.25) is 4.79 Å². The van der Waals surface area contributed by atoms with Gasteiger partial charge in [0.1, 0.15) is 0 Å². The summed E-state index contributed by atoms with van der Waals surface area (Å²) < 4.78 is 2.38. The second kappa shape index (κ2) is 3.69. The van der Waals surface area contributed by atoms with E-state index in [9.17, 15) is 4.79 Å². The third-order valence-corrected chi connectivity index (χ3v) is 1.82. The lowest BCUT2D eigenvalue weighted by atomic mass is 10.4. The summed E-state index contributed by atoms with van der Waals surface area (Å²) in [5, 5.41) is 0. The second-order valence-corrected chi connectivity index (χ2v) is 3.08. The monoisotopic (exact) mass is 216 g/mol. The lowest BCUT2D eigenvalue weighted by Gasteiger charge is -2.01. The van der Waals surface area contributed by atoms with E-state index in [0.29, 0.717) is 13.1 Å². The molecule has 0 saturated heterocycles. The lowest BCUT2D eigenvalue weighted by Crippen LogP contribution is -2.22. The second-order valence-electron chi connectivity index (χ2n) is 2.17. The van der Waals surface area contributed by atoms with Gasteiger partial charge in [0, 0.05) is 29.8 Å². The summed E-state index contributed by atoms with van der Waals surface area (Å²) in [6, 6.07) is 3.34. The van der Waals surface area contributed by atoms with Crippen LogP contribution in [-0.4, -0.2) is 11.1 Å². The molecule has 0 radical (unpaired) electrons. The molecule has 1 heterocycles. The van der Waals surface area contributed by atoms with E-state index in [4.69, 9.17) is 5.73 Å². The summed E-state index contributed by atoms with van der Waals surface area (Å²) in [5.41, 5.74) is 5.27. The van der Waals surface area contributed by atoms with Crippen LogP contribution in [0.4, 0.5) is 0 Å². The topological polar surface area (TPSA) is 48.0 Å². The Morgan fingerprint density at radius 2 is 2.36 bits per heavy atom. The smallest absolute Gasteiger partial charge is 0.251 e. The highest BCUT2D eigenvalue weighted by Gasteiger charge is 1.93. The fraction of sp³-hybridized carbons (Fsp3) is 0.286. The first kappa shape index (κ1) is 8.49. The van der Waals surface area contributed by atoms with Crippen LogP contribution in [0, 0.1) is 0 Å². The third kappa shape index (κ3) is 2.17. The minimum atomic E-state index is -0.0233. The van der Waals surface area contributed by atoms with E-state index in [1.54, 1.807) is 10.8 Å². The minimum absolute atomic E-state index is 0.0233. The molecule has 0 aliphatic carbocycles. The van der Waals surface area contributed by atoms with Crippen LogP contribution in [0.2, 0.25) is 0 Å². The highest BCUT2D eigenvalue weighted by atomic mass is 79.9. The third-order valence-electron chi connectivity index (χ3n) is 1.33. The van der Waals surface area contributed by atoms with Crippen molar-refractivity contribution >= 4 is 15.9 Å². The summed E-state index contributed by atoms with van der Waals surface area (Å²) >= 11 is 3.20. The first-order valence-corrected chi connectivity index (χ1v) is 4.09. The molecule has 0 aliphatic heterocycles. The molecule has 0 bridgehead atoms. The number of hydrogen-bond donors (Lipinski definition) is 1. The van der Waals surface area contributed by atoms with Crippen molar-refractivity contribution in [3.05, 3.63) is 33.2 Å². The molecule has 0 amide bonds. The standard InChI is InChI=1S/C7H9BrN2O/c8-6-1-3-10(4-2-9)7(11)5-6/h1,3,5H,2,4,9H2. The molecule has 1 aromatic rings. The summed E-state index contributed by atoms with van der Waals surface area (Å²) in [7, 11) is 0.